The average molecular weight is 288 g/mol. The largest absolute Gasteiger partial charge is 0.477 e. The molecule has 104 valence electrons. The van der Waals surface area contributed by atoms with E-state index in [1.165, 1.54) is 0 Å². The first-order valence-electron chi connectivity index (χ1n) is 5.19. The quantitative estimate of drug-likeness (QED) is 0.675. The topological polar surface area (TPSA) is 37.3 Å². The second-order valence-corrected chi connectivity index (χ2v) is 3.81. The van der Waals surface area contributed by atoms with Gasteiger partial charge in [0, 0.05) is 11.1 Å². The van der Waals surface area contributed by atoms with Crippen LogP contribution in [0.1, 0.15) is 10.4 Å². The maximum absolute atomic E-state index is 13.9. The summed E-state index contributed by atoms with van der Waals surface area (Å²) in [4.78, 5) is 10.7. The van der Waals surface area contributed by atoms with Gasteiger partial charge in [-0.05, 0) is 24.3 Å². The minimum atomic E-state index is -1.90. The number of rotatable bonds is 2. The fourth-order valence-corrected chi connectivity index (χ4v) is 1.69. The molecule has 7 heteroatoms. The molecular formula is C13H5F5O2. The number of carboxylic acid groups (broad SMARTS) is 1. The lowest BCUT2D eigenvalue weighted by molar-refractivity contribution is 0.0686. The van der Waals surface area contributed by atoms with Gasteiger partial charge < -0.3 is 5.11 Å². The summed E-state index contributed by atoms with van der Waals surface area (Å²) in [5.74, 6) is -9.82. The van der Waals surface area contributed by atoms with E-state index in [4.69, 9.17) is 5.11 Å². The number of hydrogen-bond acceptors (Lipinski definition) is 1. The molecule has 0 radical (unpaired) electrons. The first kappa shape index (κ1) is 14.0. The van der Waals surface area contributed by atoms with E-state index in [1.54, 1.807) is 0 Å². The van der Waals surface area contributed by atoms with Crippen LogP contribution in [0, 0.1) is 29.1 Å². The zero-order chi connectivity index (χ0) is 15.0. The fourth-order valence-electron chi connectivity index (χ4n) is 1.69. The van der Waals surface area contributed by atoms with E-state index in [2.05, 4.69) is 0 Å². The number of aromatic carboxylic acids is 1. The highest BCUT2D eigenvalue weighted by molar-refractivity contribution is 5.90. The lowest BCUT2D eigenvalue weighted by atomic mass is 10.0. The Balaban J connectivity index is 2.75. The van der Waals surface area contributed by atoms with Crippen LogP contribution in [0.3, 0.4) is 0 Å². The van der Waals surface area contributed by atoms with Crippen molar-refractivity contribution in [1.82, 2.24) is 0 Å². The Morgan fingerprint density at radius 2 is 1.25 bits per heavy atom. The number of halogens is 5. The van der Waals surface area contributed by atoms with E-state index in [0.29, 0.717) is 12.1 Å². The zero-order valence-corrected chi connectivity index (χ0v) is 9.55. The molecular weight excluding hydrogens is 283 g/mol. The molecule has 0 bridgehead atoms. The molecule has 0 aliphatic carbocycles. The Morgan fingerprint density at radius 3 is 1.80 bits per heavy atom. The Morgan fingerprint density at radius 1 is 0.750 bits per heavy atom. The summed E-state index contributed by atoms with van der Waals surface area (Å²) in [5, 5.41) is 8.68. The van der Waals surface area contributed by atoms with E-state index < -0.39 is 51.7 Å². The van der Waals surface area contributed by atoms with Crippen molar-refractivity contribution in [2.75, 3.05) is 0 Å². The second-order valence-electron chi connectivity index (χ2n) is 3.81. The summed E-state index contributed by atoms with van der Waals surface area (Å²) >= 11 is 0. The van der Waals surface area contributed by atoms with Gasteiger partial charge in [0.05, 0.1) is 0 Å². The molecule has 0 aliphatic heterocycles. The summed E-state index contributed by atoms with van der Waals surface area (Å²) in [6.07, 6.45) is 0. The van der Waals surface area contributed by atoms with Crippen LogP contribution in [0.2, 0.25) is 0 Å². The van der Waals surface area contributed by atoms with E-state index in [-0.39, 0.29) is 0 Å². The number of carboxylic acids is 1. The average Bonchev–Trinajstić information content (AvgIpc) is 2.37. The molecule has 0 heterocycles. The predicted molar refractivity (Wildman–Crippen MR) is 58.6 cm³/mol. The van der Waals surface area contributed by atoms with E-state index in [0.717, 1.165) is 12.1 Å². The molecule has 0 atom stereocenters. The van der Waals surface area contributed by atoms with Crippen molar-refractivity contribution in [3.8, 4) is 11.1 Å². The predicted octanol–water partition coefficient (Wildman–Crippen LogP) is 3.75. The summed E-state index contributed by atoms with van der Waals surface area (Å²) in [5.41, 5.74) is -2.68. The molecule has 20 heavy (non-hydrogen) atoms. The van der Waals surface area contributed by atoms with Gasteiger partial charge >= 0.3 is 5.97 Å². The van der Waals surface area contributed by atoms with Gasteiger partial charge in [0.1, 0.15) is 17.2 Å². The molecule has 0 saturated heterocycles. The van der Waals surface area contributed by atoms with Crippen molar-refractivity contribution in [2.45, 2.75) is 0 Å². The first-order valence-corrected chi connectivity index (χ1v) is 5.19. The van der Waals surface area contributed by atoms with Crippen LogP contribution >= 0.6 is 0 Å². The number of carbonyl (C=O) groups is 1. The van der Waals surface area contributed by atoms with Crippen LogP contribution in [0.15, 0.2) is 24.3 Å². The first-order chi connectivity index (χ1) is 9.34. The molecule has 0 aliphatic rings. The molecule has 2 rings (SSSR count). The third-order valence-corrected chi connectivity index (χ3v) is 2.63. The smallest absolute Gasteiger partial charge is 0.341 e. The number of hydrogen-bond donors (Lipinski definition) is 1. The van der Waals surface area contributed by atoms with Crippen molar-refractivity contribution in [2.24, 2.45) is 0 Å². The molecule has 0 saturated carbocycles. The molecule has 2 nitrogen and oxygen atoms in total. The molecule has 1 N–H and O–H groups in total. The number of benzene rings is 2. The zero-order valence-electron chi connectivity index (χ0n) is 9.55. The van der Waals surface area contributed by atoms with Gasteiger partial charge in [0.2, 0.25) is 0 Å². The fraction of sp³-hybridized carbons (Fsp3) is 0. The van der Waals surface area contributed by atoms with Crippen LogP contribution in [-0.2, 0) is 0 Å². The third kappa shape index (κ3) is 2.11. The summed E-state index contributed by atoms with van der Waals surface area (Å²) in [7, 11) is 0. The van der Waals surface area contributed by atoms with Crippen molar-refractivity contribution >= 4 is 5.97 Å². The summed E-state index contributed by atoms with van der Waals surface area (Å²) in [6.45, 7) is 0. The van der Waals surface area contributed by atoms with Crippen LogP contribution in [-0.4, -0.2) is 11.1 Å². The van der Waals surface area contributed by atoms with Gasteiger partial charge in [0.15, 0.2) is 17.5 Å². The molecule has 2 aromatic carbocycles. The normalized spacial score (nSPS) is 10.7. The van der Waals surface area contributed by atoms with Gasteiger partial charge in [0.25, 0.3) is 0 Å². The van der Waals surface area contributed by atoms with Crippen molar-refractivity contribution in [3.63, 3.8) is 0 Å². The highest BCUT2D eigenvalue weighted by Gasteiger charge is 2.23. The lowest BCUT2D eigenvalue weighted by Gasteiger charge is -2.08. The highest BCUT2D eigenvalue weighted by atomic mass is 19.2. The molecule has 2 aromatic rings. The minimum absolute atomic E-state index is 0.553. The molecule has 0 fully saturated rings. The van der Waals surface area contributed by atoms with E-state index in [1.807, 2.05) is 0 Å². The molecule has 0 amide bonds. The Kier molecular flexibility index (Phi) is 3.44. The van der Waals surface area contributed by atoms with Crippen molar-refractivity contribution in [1.29, 1.82) is 0 Å². The molecule has 0 spiro atoms. The van der Waals surface area contributed by atoms with E-state index >= 15 is 0 Å². The lowest BCUT2D eigenvalue weighted by Crippen LogP contribution is -2.06. The summed E-state index contributed by atoms with van der Waals surface area (Å²) < 4.78 is 66.5. The van der Waals surface area contributed by atoms with Crippen LogP contribution < -0.4 is 0 Å². The Labute approximate surface area is 109 Å². The highest BCUT2D eigenvalue weighted by Crippen LogP contribution is 2.30. The van der Waals surface area contributed by atoms with Gasteiger partial charge in [-0.3, -0.25) is 0 Å². The monoisotopic (exact) mass is 288 g/mol. The minimum Gasteiger partial charge on any atom is -0.477 e. The SMILES string of the molecule is O=C(O)c1c(F)ccc(-c2ccc(F)c(F)c2F)c1F. The van der Waals surface area contributed by atoms with Crippen molar-refractivity contribution in [3.05, 3.63) is 58.9 Å². The standard InChI is InChI=1S/C13H5F5O2/c14-7-3-1-5(10(16)9(7)13(19)20)6-2-4-8(15)12(18)11(6)17/h1-4H,(H,19,20). The van der Waals surface area contributed by atoms with Gasteiger partial charge in [-0.15, -0.1) is 0 Å². The maximum atomic E-state index is 13.9. The van der Waals surface area contributed by atoms with Gasteiger partial charge in [-0.1, -0.05) is 0 Å². The van der Waals surface area contributed by atoms with Gasteiger partial charge in [-0.25, -0.2) is 26.7 Å². The second kappa shape index (κ2) is 4.92. The van der Waals surface area contributed by atoms with Gasteiger partial charge in [-0.2, -0.15) is 0 Å². The van der Waals surface area contributed by atoms with E-state index in [9.17, 15) is 26.7 Å². The molecule has 0 unspecified atom stereocenters. The summed E-state index contributed by atoms with van der Waals surface area (Å²) in [6, 6.07) is 2.63. The molecule has 0 aromatic heterocycles. The Hall–Kier alpha value is -2.44. The van der Waals surface area contributed by atoms with Crippen molar-refractivity contribution < 1.29 is 31.9 Å². The third-order valence-electron chi connectivity index (χ3n) is 2.63. The Bertz CT molecular complexity index is 712. The van der Waals surface area contributed by atoms with Crippen LogP contribution in [0.5, 0.6) is 0 Å². The van der Waals surface area contributed by atoms with Crippen LogP contribution in [0.4, 0.5) is 22.0 Å². The maximum Gasteiger partial charge on any atom is 0.341 e. The van der Waals surface area contributed by atoms with Crippen LogP contribution in [0.25, 0.3) is 11.1 Å².